The predicted octanol–water partition coefficient (Wildman–Crippen LogP) is 2.89. The molecule has 2 aliphatic rings. The van der Waals surface area contributed by atoms with Crippen LogP contribution in [0.2, 0.25) is 0 Å². The molecule has 0 amide bonds. The first-order valence-electron chi connectivity index (χ1n) is 7.56. The molecule has 0 bridgehead atoms. The Kier molecular flexibility index (Phi) is 3.58. The maximum absolute atomic E-state index is 11.6. The van der Waals surface area contributed by atoms with Crippen molar-refractivity contribution in [2.75, 3.05) is 11.9 Å². The monoisotopic (exact) mass is 261 g/mol. The van der Waals surface area contributed by atoms with E-state index in [0.717, 1.165) is 42.9 Å². The minimum absolute atomic E-state index is 0.0309. The Hall–Kier alpha value is -1.32. The van der Waals surface area contributed by atoms with Crippen molar-refractivity contribution in [3.05, 3.63) is 22.2 Å². The van der Waals surface area contributed by atoms with Gasteiger partial charge < -0.3 is 10.3 Å². The number of hydrogen-bond acceptors (Lipinski definition) is 3. The van der Waals surface area contributed by atoms with Gasteiger partial charge in [0.05, 0.1) is 0 Å². The number of nitrogens with zero attached hydrogens (tertiary/aromatic N) is 1. The smallest absolute Gasteiger partial charge is 0.252 e. The summed E-state index contributed by atoms with van der Waals surface area (Å²) in [7, 11) is 0. The lowest BCUT2D eigenvalue weighted by atomic mass is 9.83. The molecule has 1 aromatic heterocycles. The molecule has 0 unspecified atom stereocenters. The Bertz CT molecular complexity index is 484. The second kappa shape index (κ2) is 5.35. The first kappa shape index (κ1) is 12.7. The summed E-state index contributed by atoms with van der Waals surface area (Å²) >= 11 is 0. The van der Waals surface area contributed by atoms with Crippen molar-refractivity contribution < 1.29 is 0 Å². The molecule has 0 saturated heterocycles. The van der Waals surface area contributed by atoms with Gasteiger partial charge in [-0.05, 0) is 37.5 Å². The Balaban J connectivity index is 1.58. The zero-order valence-electron chi connectivity index (χ0n) is 11.6. The third kappa shape index (κ3) is 3.37. The number of aromatic nitrogens is 2. The molecule has 1 aromatic rings. The molecular weight excluding hydrogens is 238 g/mol. The summed E-state index contributed by atoms with van der Waals surface area (Å²) < 4.78 is 0. The van der Waals surface area contributed by atoms with Gasteiger partial charge in [0.15, 0.2) is 0 Å². The lowest BCUT2D eigenvalue weighted by Crippen LogP contribution is -2.22. The van der Waals surface area contributed by atoms with Crippen molar-refractivity contribution in [3.8, 4) is 0 Å². The highest BCUT2D eigenvalue weighted by Crippen LogP contribution is 2.37. The van der Waals surface area contributed by atoms with E-state index < -0.39 is 0 Å². The van der Waals surface area contributed by atoms with Crippen molar-refractivity contribution >= 4 is 5.82 Å². The van der Waals surface area contributed by atoms with Gasteiger partial charge in [-0.1, -0.05) is 19.8 Å². The molecular formula is C15H23N3O. The van der Waals surface area contributed by atoms with E-state index in [1.807, 2.05) is 0 Å². The SMILES string of the molecule is CC1CCC(CNc2cc(=O)[nH]c(C3CC3)n2)CC1. The van der Waals surface area contributed by atoms with Crippen LogP contribution in [0.4, 0.5) is 5.82 Å². The molecule has 2 saturated carbocycles. The number of aromatic amines is 1. The number of anilines is 1. The summed E-state index contributed by atoms with van der Waals surface area (Å²) in [4.78, 5) is 19.0. The zero-order valence-corrected chi connectivity index (χ0v) is 11.6. The number of H-pyrrole nitrogens is 1. The fourth-order valence-corrected chi connectivity index (χ4v) is 2.90. The zero-order chi connectivity index (χ0) is 13.2. The quantitative estimate of drug-likeness (QED) is 0.876. The molecule has 0 spiro atoms. The summed E-state index contributed by atoms with van der Waals surface area (Å²) in [5.41, 5.74) is -0.0309. The van der Waals surface area contributed by atoms with Crippen molar-refractivity contribution in [1.29, 1.82) is 0 Å². The summed E-state index contributed by atoms with van der Waals surface area (Å²) in [6, 6.07) is 1.58. The topological polar surface area (TPSA) is 57.8 Å². The van der Waals surface area contributed by atoms with Crippen LogP contribution in [-0.4, -0.2) is 16.5 Å². The second-order valence-corrected chi connectivity index (χ2v) is 6.30. The van der Waals surface area contributed by atoms with Gasteiger partial charge in [-0.15, -0.1) is 0 Å². The number of nitrogens with one attached hydrogen (secondary N) is 2. The van der Waals surface area contributed by atoms with Crippen molar-refractivity contribution in [3.63, 3.8) is 0 Å². The molecule has 0 aromatic carbocycles. The van der Waals surface area contributed by atoms with Gasteiger partial charge in [0.2, 0.25) is 0 Å². The van der Waals surface area contributed by atoms with Gasteiger partial charge >= 0.3 is 0 Å². The van der Waals surface area contributed by atoms with Gasteiger partial charge in [-0.2, -0.15) is 0 Å². The Morgan fingerprint density at radius 2 is 2.00 bits per heavy atom. The molecule has 0 atom stereocenters. The summed E-state index contributed by atoms with van der Waals surface area (Å²) in [5, 5.41) is 3.36. The molecule has 0 radical (unpaired) electrons. The van der Waals surface area contributed by atoms with E-state index >= 15 is 0 Å². The summed E-state index contributed by atoms with van der Waals surface area (Å²) in [5.74, 6) is 3.73. The van der Waals surface area contributed by atoms with E-state index in [-0.39, 0.29) is 5.56 Å². The van der Waals surface area contributed by atoms with Gasteiger partial charge in [0.25, 0.3) is 5.56 Å². The first-order chi connectivity index (χ1) is 9.20. The fraction of sp³-hybridized carbons (Fsp3) is 0.733. The maximum atomic E-state index is 11.6. The van der Waals surface area contributed by atoms with Crippen LogP contribution in [0, 0.1) is 11.8 Å². The number of rotatable bonds is 4. The van der Waals surface area contributed by atoms with Crippen molar-refractivity contribution in [2.24, 2.45) is 11.8 Å². The van der Waals surface area contributed by atoms with Crippen molar-refractivity contribution in [2.45, 2.75) is 51.4 Å². The average Bonchev–Trinajstić information content (AvgIpc) is 3.22. The van der Waals surface area contributed by atoms with Crippen LogP contribution in [0.3, 0.4) is 0 Å². The molecule has 1 heterocycles. The first-order valence-corrected chi connectivity index (χ1v) is 7.56. The van der Waals surface area contributed by atoms with Crippen LogP contribution in [0.25, 0.3) is 0 Å². The third-order valence-corrected chi connectivity index (χ3v) is 4.43. The van der Waals surface area contributed by atoms with Crippen LogP contribution < -0.4 is 10.9 Å². The lowest BCUT2D eigenvalue weighted by molar-refractivity contribution is 0.300. The Morgan fingerprint density at radius 3 is 2.68 bits per heavy atom. The van der Waals surface area contributed by atoms with Crippen LogP contribution in [0.15, 0.2) is 10.9 Å². The van der Waals surface area contributed by atoms with E-state index in [4.69, 9.17) is 0 Å². The molecule has 0 aliphatic heterocycles. The van der Waals surface area contributed by atoms with Gasteiger partial charge in [0.1, 0.15) is 11.6 Å². The van der Waals surface area contributed by atoms with E-state index in [2.05, 4.69) is 22.2 Å². The Morgan fingerprint density at radius 1 is 1.26 bits per heavy atom. The summed E-state index contributed by atoms with van der Waals surface area (Å²) in [6.45, 7) is 3.29. The summed E-state index contributed by atoms with van der Waals surface area (Å²) in [6.07, 6.45) is 7.59. The molecule has 4 nitrogen and oxygen atoms in total. The minimum Gasteiger partial charge on any atom is -0.370 e. The Labute approximate surface area is 114 Å². The highest BCUT2D eigenvalue weighted by atomic mass is 16.1. The number of hydrogen-bond donors (Lipinski definition) is 2. The van der Waals surface area contributed by atoms with Gasteiger partial charge in [-0.25, -0.2) is 4.98 Å². The molecule has 2 fully saturated rings. The van der Waals surface area contributed by atoms with Crippen LogP contribution in [0.1, 0.15) is 57.2 Å². The lowest BCUT2D eigenvalue weighted by Gasteiger charge is -2.26. The second-order valence-electron chi connectivity index (χ2n) is 6.30. The third-order valence-electron chi connectivity index (χ3n) is 4.43. The molecule has 104 valence electrons. The van der Waals surface area contributed by atoms with E-state index in [1.54, 1.807) is 6.07 Å². The average molecular weight is 261 g/mol. The fourth-order valence-electron chi connectivity index (χ4n) is 2.90. The predicted molar refractivity (Wildman–Crippen MR) is 76.4 cm³/mol. The molecule has 2 aliphatic carbocycles. The maximum Gasteiger partial charge on any atom is 0.252 e. The van der Waals surface area contributed by atoms with Crippen LogP contribution in [0.5, 0.6) is 0 Å². The van der Waals surface area contributed by atoms with Gasteiger partial charge in [-0.3, -0.25) is 4.79 Å². The highest BCUT2D eigenvalue weighted by molar-refractivity contribution is 5.34. The van der Waals surface area contributed by atoms with Crippen molar-refractivity contribution in [1.82, 2.24) is 9.97 Å². The molecule has 2 N–H and O–H groups in total. The molecule has 3 rings (SSSR count). The van der Waals surface area contributed by atoms with Crippen LogP contribution >= 0.6 is 0 Å². The minimum atomic E-state index is -0.0309. The van der Waals surface area contributed by atoms with E-state index in [1.165, 1.54) is 25.7 Å². The highest BCUT2D eigenvalue weighted by Gasteiger charge is 2.26. The molecule has 4 heteroatoms. The standard InChI is InChI=1S/C15H23N3O/c1-10-2-4-11(5-3-10)9-16-13-8-14(19)18-15(17-13)12-6-7-12/h8,10-12H,2-7,9H2,1H3,(H2,16,17,18,19). The van der Waals surface area contributed by atoms with Gasteiger partial charge in [0, 0.05) is 18.5 Å². The molecule has 19 heavy (non-hydrogen) atoms. The largest absolute Gasteiger partial charge is 0.370 e. The normalized spacial score (nSPS) is 27.2. The van der Waals surface area contributed by atoms with Crippen LogP contribution in [-0.2, 0) is 0 Å². The van der Waals surface area contributed by atoms with E-state index in [0.29, 0.717) is 5.92 Å². The van der Waals surface area contributed by atoms with E-state index in [9.17, 15) is 4.79 Å².